The number of amides is 1. The molecule has 0 spiro atoms. The van der Waals surface area contributed by atoms with E-state index in [2.05, 4.69) is 17.4 Å². The molecule has 1 aliphatic carbocycles. The van der Waals surface area contributed by atoms with Crippen molar-refractivity contribution in [2.75, 3.05) is 20.6 Å². The molecule has 27 heavy (non-hydrogen) atoms. The number of hydrogen-bond donors (Lipinski definition) is 1. The summed E-state index contributed by atoms with van der Waals surface area (Å²) in [5, 5.41) is 5.30. The Balaban J connectivity index is 1.58. The van der Waals surface area contributed by atoms with Crippen LogP contribution in [0.3, 0.4) is 0 Å². The Morgan fingerprint density at radius 3 is 2.56 bits per heavy atom. The Hall–Kier alpha value is -2.72. The maximum Gasteiger partial charge on any atom is 0.251 e. The van der Waals surface area contributed by atoms with Crippen molar-refractivity contribution >= 4 is 16.7 Å². The van der Waals surface area contributed by atoms with E-state index < -0.39 is 0 Å². The van der Waals surface area contributed by atoms with Crippen LogP contribution in [-0.4, -0.2) is 31.4 Å². The zero-order valence-electron chi connectivity index (χ0n) is 15.6. The zero-order valence-corrected chi connectivity index (χ0v) is 15.6. The van der Waals surface area contributed by atoms with Gasteiger partial charge in [0.05, 0.1) is 6.04 Å². The largest absolute Gasteiger partial charge is 0.350 e. The van der Waals surface area contributed by atoms with Gasteiger partial charge in [-0.25, -0.2) is 4.39 Å². The van der Waals surface area contributed by atoms with Crippen molar-refractivity contribution < 1.29 is 9.18 Å². The van der Waals surface area contributed by atoms with E-state index in [1.807, 2.05) is 43.3 Å². The maximum absolute atomic E-state index is 13.6. The first-order valence-corrected chi connectivity index (χ1v) is 9.28. The first-order chi connectivity index (χ1) is 13.0. The molecule has 1 amide bonds. The van der Waals surface area contributed by atoms with Gasteiger partial charge in [-0.05, 0) is 72.6 Å². The van der Waals surface area contributed by atoms with E-state index in [1.54, 1.807) is 6.07 Å². The van der Waals surface area contributed by atoms with E-state index in [4.69, 9.17) is 0 Å². The van der Waals surface area contributed by atoms with Crippen LogP contribution in [0.2, 0.25) is 0 Å². The molecule has 0 saturated carbocycles. The lowest BCUT2D eigenvalue weighted by atomic mass is 9.99. The molecule has 0 aromatic heterocycles. The first kappa shape index (κ1) is 17.7. The molecule has 3 nitrogen and oxygen atoms in total. The quantitative estimate of drug-likeness (QED) is 0.741. The van der Waals surface area contributed by atoms with Crippen molar-refractivity contribution in [3.8, 4) is 0 Å². The fraction of sp³-hybridized carbons (Fsp3) is 0.261. The van der Waals surface area contributed by atoms with E-state index >= 15 is 0 Å². The van der Waals surface area contributed by atoms with Gasteiger partial charge in [-0.1, -0.05) is 36.4 Å². The van der Waals surface area contributed by atoms with Gasteiger partial charge in [-0.3, -0.25) is 4.79 Å². The number of halogens is 1. The zero-order chi connectivity index (χ0) is 19.0. The molecule has 1 aliphatic rings. The van der Waals surface area contributed by atoms with Gasteiger partial charge in [-0.15, -0.1) is 0 Å². The van der Waals surface area contributed by atoms with E-state index in [0.717, 1.165) is 23.8 Å². The van der Waals surface area contributed by atoms with Gasteiger partial charge >= 0.3 is 0 Å². The Morgan fingerprint density at radius 2 is 1.81 bits per heavy atom. The van der Waals surface area contributed by atoms with Crippen molar-refractivity contribution in [2.45, 2.75) is 18.9 Å². The number of benzene rings is 3. The molecule has 1 N–H and O–H groups in total. The number of likely N-dealkylation sites (N-methyl/N-ethyl adjacent to an activating group) is 1. The van der Waals surface area contributed by atoms with E-state index in [1.165, 1.54) is 28.6 Å². The van der Waals surface area contributed by atoms with Gasteiger partial charge < -0.3 is 10.2 Å². The van der Waals surface area contributed by atoms with Crippen molar-refractivity contribution in [1.29, 1.82) is 0 Å². The summed E-state index contributed by atoms with van der Waals surface area (Å²) < 4.78 is 13.6. The van der Waals surface area contributed by atoms with Crippen LogP contribution >= 0.6 is 0 Å². The topological polar surface area (TPSA) is 32.3 Å². The van der Waals surface area contributed by atoms with E-state index in [-0.39, 0.29) is 17.8 Å². The average molecular weight is 362 g/mol. The highest BCUT2D eigenvalue weighted by atomic mass is 19.1. The minimum Gasteiger partial charge on any atom is -0.350 e. The molecule has 0 heterocycles. The Bertz CT molecular complexity index is 1000. The second-order valence-corrected chi connectivity index (χ2v) is 7.36. The number of carbonyl (C=O) groups is 1. The van der Waals surface area contributed by atoms with Gasteiger partial charge in [0.25, 0.3) is 5.91 Å². The van der Waals surface area contributed by atoms with Gasteiger partial charge in [0.15, 0.2) is 0 Å². The van der Waals surface area contributed by atoms with Crippen molar-refractivity contribution in [2.24, 2.45) is 0 Å². The van der Waals surface area contributed by atoms with Crippen LogP contribution in [0, 0.1) is 5.82 Å². The molecule has 0 bridgehead atoms. The highest BCUT2D eigenvalue weighted by Crippen LogP contribution is 2.32. The molecule has 4 rings (SSSR count). The summed E-state index contributed by atoms with van der Waals surface area (Å²) in [6.45, 7) is 0.415. The molecule has 0 radical (unpaired) electrons. The summed E-state index contributed by atoms with van der Waals surface area (Å²) in [6.07, 6.45) is 2.08. The van der Waals surface area contributed by atoms with Crippen LogP contribution in [0.15, 0.2) is 54.6 Å². The van der Waals surface area contributed by atoms with Crippen LogP contribution in [-0.2, 0) is 12.8 Å². The molecular formula is C23H23FN2O. The van der Waals surface area contributed by atoms with Crippen LogP contribution in [0.5, 0.6) is 0 Å². The van der Waals surface area contributed by atoms with Crippen LogP contribution in [0.25, 0.3) is 10.8 Å². The standard InChI is InChI=1S/C23H23FN2O/c1-26(2)21(17-6-3-7-18(24)13-17)14-25-23(27)20-12-11-16-10-9-15-5-4-8-19(20)22(15)16/h3-8,11-13,21H,9-10,14H2,1-2H3,(H,25,27)/t21-/m0/s1. The third kappa shape index (κ3) is 3.33. The normalized spacial score (nSPS) is 13.9. The number of aryl methyl sites for hydroxylation is 2. The summed E-state index contributed by atoms with van der Waals surface area (Å²) in [5.74, 6) is -0.355. The smallest absolute Gasteiger partial charge is 0.251 e. The number of nitrogens with one attached hydrogen (secondary N) is 1. The molecule has 4 heteroatoms. The second kappa shape index (κ2) is 7.12. The Labute approximate surface area is 158 Å². The number of nitrogens with zero attached hydrogens (tertiary/aromatic N) is 1. The summed E-state index contributed by atoms with van der Waals surface area (Å²) in [5.41, 5.74) is 4.20. The van der Waals surface area contributed by atoms with Crippen LogP contribution < -0.4 is 5.32 Å². The maximum atomic E-state index is 13.6. The highest BCUT2D eigenvalue weighted by molar-refractivity contribution is 6.09. The lowest BCUT2D eigenvalue weighted by molar-refractivity contribution is 0.0943. The van der Waals surface area contributed by atoms with Gasteiger partial charge in [0, 0.05) is 12.1 Å². The fourth-order valence-electron chi connectivity index (χ4n) is 4.04. The van der Waals surface area contributed by atoms with Gasteiger partial charge in [0.2, 0.25) is 0 Å². The van der Waals surface area contributed by atoms with Crippen LogP contribution in [0.1, 0.15) is 33.1 Å². The highest BCUT2D eigenvalue weighted by Gasteiger charge is 2.20. The third-order valence-electron chi connectivity index (χ3n) is 5.43. The van der Waals surface area contributed by atoms with E-state index in [0.29, 0.717) is 12.1 Å². The Kier molecular flexibility index (Phi) is 4.66. The predicted octanol–water partition coefficient (Wildman–Crippen LogP) is 4.11. The molecule has 138 valence electrons. The first-order valence-electron chi connectivity index (χ1n) is 9.28. The van der Waals surface area contributed by atoms with E-state index in [9.17, 15) is 9.18 Å². The number of hydrogen-bond acceptors (Lipinski definition) is 2. The minimum atomic E-state index is -0.266. The lowest BCUT2D eigenvalue weighted by Crippen LogP contribution is -2.34. The van der Waals surface area contributed by atoms with Crippen molar-refractivity contribution in [3.05, 3.63) is 82.7 Å². The molecule has 0 saturated heterocycles. The summed E-state index contributed by atoms with van der Waals surface area (Å²) in [4.78, 5) is 14.9. The molecule has 3 aromatic rings. The lowest BCUT2D eigenvalue weighted by Gasteiger charge is -2.25. The van der Waals surface area contributed by atoms with Gasteiger partial charge in [0.1, 0.15) is 5.82 Å². The van der Waals surface area contributed by atoms with Gasteiger partial charge in [-0.2, -0.15) is 0 Å². The molecule has 1 atom stereocenters. The summed E-state index contributed by atoms with van der Waals surface area (Å²) in [6, 6.07) is 16.6. The third-order valence-corrected chi connectivity index (χ3v) is 5.43. The van der Waals surface area contributed by atoms with Crippen LogP contribution in [0.4, 0.5) is 4.39 Å². The predicted molar refractivity (Wildman–Crippen MR) is 107 cm³/mol. The number of rotatable bonds is 5. The summed E-state index contributed by atoms with van der Waals surface area (Å²) in [7, 11) is 3.86. The fourth-order valence-corrected chi connectivity index (χ4v) is 4.04. The monoisotopic (exact) mass is 362 g/mol. The molecule has 0 aliphatic heterocycles. The van der Waals surface area contributed by atoms with Crippen molar-refractivity contribution in [1.82, 2.24) is 10.2 Å². The summed E-state index contributed by atoms with van der Waals surface area (Å²) >= 11 is 0. The average Bonchev–Trinajstić information content (AvgIpc) is 3.07. The SMILES string of the molecule is CN(C)[C@@H](CNC(=O)c1ccc2c3c(cccc13)CC2)c1cccc(F)c1. The molecule has 0 unspecified atom stereocenters. The second-order valence-electron chi connectivity index (χ2n) is 7.36. The number of carbonyl (C=O) groups excluding carboxylic acids is 1. The minimum absolute atomic E-state index is 0.0890. The Morgan fingerprint density at radius 1 is 1.07 bits per heavy atom. The molecule has 3 aromatic carbocycles. The molecular weight excluding hydrogens is 339 g/mol. The van der Waals surface area contributed by atoms with Crippen molar-refractivity contribution in [3.63, 3.8) is 0 Å². The molecule has 0 fully saturated rings.